The molecule has 0 atom stereocenters. The van der Waals surface area contributed by atoms with Gasteiger partial charge in [-0.1, -0.05) is 134 Å². The molecule has 5 heteroatoms. The van der Waals surface area contributed by atoms with E-state index in [9.17, 15) is 0 Å². The van der Waals surface area contributed by atoms with Crippen LogP contribution < -0.4 is 10.4 Å². The molecule has 4 fully saturated rings. The fourth-order valence-corrected chi connectivity index (χ4v) is 17.3. The summed E-state index contributed by atoms with van der Waals surface area (Å²) in [5, 5.41) is 5.23. The van der Waals surface area contributed by atoms with Crippen LogP contribution in [-0.4, -0.2) is 23.0 Å². The molecule has 9 aromatic rings. The van der Waals surface area contributed by atoms with Crippen molar-refractivity contribution < 1.29 is 4.42 Å². The second kappa shape index (κ2) is 12.6. The second-order valence-corrected chi connectivity index (χ2v) is 23.8. The van der Waals surface area contributed by atoms with Gasteiger partial charge in [0.15, 0.2) is 17.5 Å². The molecule has 4 saturated carbocycles. The minimum atomic E-state index is -2.22. The van der Waals surface area contributed by atoms with E-state index < -0.39 is 8.07 Å². The Morgan fingerprint density at radius 2 is 1.06 bits per heavy atom. The van der Waals surface area contributed by atoms with E-state index >= 15 is 0 Å². The topological polar surface area (TPSA) is 51.8 Å². The minimum Gasteiger partial charge on any atom is -0.456 e. The average Bonchev–Trinajstić information content (AvgIpc) is 3.90. The van der Waals surface area contributed by atoms with Crippen LogP contribution in [0.4, 0.5) is 0 Å². The van der Waals surface area contributed by atoms with E-state index in [2.05, 4.69) is 128 Å². The summed E-state index contributed by atoms with van der Waals surface area (Å²) in [6, 6.07) is 55.6. The molecule has 15 rings (SSSR count). The number of fused-ring (bicyclic) bond motifs is 9. The van der Waals surface area contributed by atoms with Gasteiger partial charge in [0, 0.05) is 32.9 Å². The molecule has 4 bridgehead atoms. The quantitative estimate of drug-likeness (QED) is 0.166. The van der Waals surface area contributed by atoms with Crippen LogP contribution in [0.15, 0.2) is 156 Å². The predicted octanol–water partition coefficient (Wildman–Crippen LogP) is 13.0. The number of benzene rings is 7. The third-order valence-electron chi connectivity index (χ3n) is 16.1. The molecule has 0 N–H and O–H groups in total. The minimum absolute atomic E-state index is 0.148. The monoisotopic (exact) mass is 815 g/mol. The first-order valence-electron chi connectivity index (χ1n) is 22.7. The molecule has 5 aliphatic carbocycles. The summed E-state index contributed by atoms with van der Waals surface area (Å²) in [5.41, 5.74) is 16.4. The first kappa shape index (κ1) is 35.2. The largest absolute Gasteiger partial charge is 0.456 e. The Morgan fingerprint density at radius 1 is 0.452 bits per heavy atom. The smallest absolute Gasteiger partial charge is 0.164 e. The highest BCUT2D eigenvalue weighted by Crippen LogP contribution is 2.69. The van der Waals surface area contributed by atoms with Crippen molar-refractivity contribution in [3.05, 3.63) is 163 Å². The van der Waals surface area contributed by atoms with Crippen LogP contribution in [0.3, 0.4) is 0 Å². The first-order chi connectivity index (χ1) is 30.4. The van der Waals surface area contributed by atoms with Crippen LogP contribution in [0, 0.1) is 23.7 Å². The zero-order chi connectivity index (χ0) is 40.9. The Morgan fingerprint density at radius 3 is 1.85 bits per heavy atom. The van der Waals surface area contributed by atoms with E-state index in [1.165, 1.54) is 70.7 Å². The molecule has 298 valence electrons. The number of nitrogens with zero attached hydrogens (tertiary/aromatic N) is 3. The number of para-hydroxylation sites is 1. The SMILES string of the molecule is C[Si]1(C)c2cc3c(cc2-c2cccc(-c4ccccc4-c4nc(-c5ccccc5)nc(-c5ccc6oc7ccccc7c6c5)n4)c21)C1(c2ccccc2-3)C2CC3CC(C2)CC1C3. The van der Waals surface area contributed by atoms with Gasteiger partial charge in [0.05, 0.1) is 0 Å². The first-order valence-corrected chi connectivity index (χ1v) is 25.7. The van der Waals surface area contributed by atoms with Crippen molar-refractivity contribution in [1.82, 2.24) is 15.0 Å². The highest BCUT2D eigenvalue weighted by Gasteiger charge is 2.62. The van der Waals surface area contributed by atoms with Gasteiger partial charge in [-0.3, -0.25) is 0 Å². The molecule has 0 unspecified atom stereocenters. The van der Waals surface area contributed by atoms with Gasteiger partial charge in [0.2, 0.25) is 0 Å². The Bertz CT molecular complexity index is 3340. The third kappa shape index (κ3) is 4.69. The molecule has 1 spiro atoms. The molecular formula is C57H45N3OSi. The van der Waals surface area contributed by atoms with Gasteiger partial charge in [-0.15, -0.1) is 0 Å². The van der Waals surface area contributed by atoms with Crippen LogP contribution in [0.25, 0.3) is 89.5 Å². The van der Waals surface area contributed by atoms with Crippen molar-refractivity contribution in [2.75, 3.05) is 0 Å². The van der Waals surface area contributed by atoms with Crippen molar-refractivity contribution in [2.24, 2.45) is 23.7 Å². The molecule has 1 aliphatic heterocycles. The van der Waals surface area contributed by atoms with Gasteiger partial charge < -0.3 is 4.42 Å². The fraction of sp³-hybridized carbons (Fsp3) is 0.211. The number of hydrogen-bond donors (Lipinski definition) is 0. The maximum Gasteiger partial charge on any atom is 0.164 e. The summed E-state index contributed by atoms with van der Waals surface area (Å²) in [5.74, 6) is 5.32. The highest BCUT2D eigenvalue weighted by molar-refractivity contribution is 7.04. The average molecular weight is 816 g/mol. The van der Waals surface area contributed by atoms with E-state index in [-0.39, 0.29) is 5.41 Å². The molecule has 62 heavy (non-hydrogen) atoms. The summed E-state index contributed by atoms with van der Waals surface area (Å²) < 4.78 is 6.21. The maximum absolute atomic E-state index is 6.21. The number of rotatable bonds is 4. The Labute approximate surface area is 362 Å². The van der Waals surface area contributed by atoms with Gasteiger partial charge in [0.25, 0.3) is 0 Å². The fourth-order valence-electron chi connectivity index (χ4n) is 13.9. The third-order valence-corrected chi connectivity index (χ3v) is 19.7. The van der Waals surface area contributed by atoms with Gasteiger partial charge in [0.1, 0.15) is 19.2 Å². The summed E-state index contributed by atoms with van der Waals surface area (Å²) in [4.78, 5) is 15.8. The van der Waals surface area contributed by atoms with Crippen molar-refractivity contribution >= 4 is 40.4 Å². The van der Waals surface area contributed by atoms with Gasteiger partial charge in [-0.2, -0.15) is 0 Å². The molecular weight excluding hydrogens is 771 g/mol. The summed E-state index contributed by atoms with van der Waals surface area (Å²) in [6.07, 6.45) is 7.06. The molecule has 0 amide bonds. The second-order valence-electron chi connectivity index (χ2n) is 19.5. The van der Waals surface area contributed by atoms with Crippen molar-refractivity contribution in [3.8, 4) is 67.5 Å². The van der Waals surface area contributed by atoms with Gasteiger partial charge in [-0.25, -0.2) is 15.0 Å². The van der Waals surface area contributed by atoms with E-state index in [1.54, 1.807) is 16.3 Å². The molecule has 0 saturated heterocycles. The van der Waals surface area contributed by atoms with E-state index in [0.717, 1.165) is 62.3 Å². The van der Waals surface area contributed by atoms with Crippen molar-refractivity contribution in [2.45, 2.75) is 50.6 Å². The summed E-state index contributed by atoms with van der Waals surface area (Å²) >= 11 is 0. The zero-order valence-corrected chi connectivity index (χ0v) is 36.0. The predicted molar refractivity (Wildman–Crippen MR) is 254 cm³/mol. The van der Waals surface area contributed by atoms with E-state index in [0.29, 0.717) is 17.5 Å². The summed E-state index contributed by atoms with van der Waals surface area (Å²) in [6.45, 7) is 5.17. The highest BCUT2D eigenvalue weighted by atomic mass is 28.3. The molecule has 4 nitrogen and oxygen atoms in total. The lowest BCUT2D eigenvalue weighted by Gasteiger charge is -2.61. The number of hydrogen-bond acceptors (Lipinski definition) is 4. The molecule has 3 heterocycles. The van der Waals surface area contributed by atoms with E-state index in [1.807, 2.05) is 36.4 Å². The van der Waals surface area contributed by atoms with Crippen LogP contribution in [0.2, 0.25) is 13.1 Å². The standard InChI is InChI=1S/C57H45N3OSi/c1-62(2)52-32-45-40-16-8-10-21-48(40)57(37-26-33-25-34(28-37)29-38(57)27-33)49(45)31-47(52)43-20-12-19-42(53(43)62)39-15-6-7-18-44(39)56-59-54(35-13-4-3-5-14-35)58-55(60-56)36-23-24-51-46(30-36)41-17-9-11-22-50(41)61-51/h3-24,30-34,37-38H,25-29H2,1-2H3. The zero-order valence-electron chi connectivity index (χ0n) is 35.0. The molecule has 7 aromatic carbocycles. The van der Waals surface area contributed by atoms with Crippen LogP contribution in [0.5, 0.6) is 0 Å². The molecule has 6 aliphatic rings. The lowest BCUT2D eigenvalue weighted by Crippen LogP contribution is -2.55. The van der Waals surface area contributed by atoms with Crippen LogP contribution in [-0.2, 0) is 5.41 Å². The van der Waals surface area contributed by atoms with Crippen molar-refractivity contribution in [3.63, 3.8) is 0 Å². The van der Waals surface area contributed by atoms with E-state index in [4.69, 9.17) is 19.4 Å². The normalized spacial score (nSPS) is 23.2. The van der Waals surface area contributed by atoms with Gasteiger partial charge in [-0.05, 0) is 141 Å². The Balaban J connectivity index is 0.945. The van der Waals surface area contributed by atoms with Crippen LogP contribution >= 0.6 is 0 Å². The molecule has 0 radical (unpaired) electrons. The lowest BCUT2D eigenvalue weighted by molar-refractivity contribution is -0.0399. The van der Waals surface area contributed by atoms with Crippen LogP contribution in [0.1, 0.15) is 43.2 Å². The molecule has 2 aromatic heterocycles. The Hall–Kier alpha value is -6.43. The maximum atomic E-state index is 6.21. The summed E-state index contributed by atoms with van der Waals surface area (Å²) in [7, 11) is -2.22. The Kier molecular flexibility index (Phi) is 7.14. The number of aromatic nitrogens is 3. The lowest BCUT2D eigenvalue weighted by atomic mass is 9.43. The number of furan rings is 1. The van der Waals surface area contributed by atoms with Crippen molar-refractivity contribution in [1.29, 1.82) is 0 Å². The van der Waals surface area contributed by atoms with Gasteiger partial charge >= 0.3 is 0 Å².